The second kappa shape index (κ2) is 9.79. The molecule has 0 unspecified atom stereocenters. The van der Waals surface area contributed by atoms with Gasteiger partial charge in [-0.25, -0.2) is 0 Å². The third-order valence-corrected chi connectivity index (χ3v) is 7.17. The summed E-state index contributed by atoms with van der Waals surface area (Å²) in [6, 6.07) is 10.9. The molecule has 3 aliphatic rings. The van der Waals surface area contributed by atoms with Gasteiger partial charge in [-0.2, -0.15) is 15.1 Å². The Morgan fingerprint density at radius 3 is 2.74 bits per heavy atom. The molecule has 5 rings (SSSR count). The van der Waals surface area contributed by atoms with E-state index in [9.17, 15) is 9.59 Å². The zero-order chi connectivity index (χ0) is 23.7. The maximum atomic E-state index is 12.6. The molecule has 0 atom stereocenters. The number of furan rings is 1. The number of hydrazone groups is 1. The Morgan fingerprint density at radius 2 is 1.97 bits per heavy atom. The minimum Gasteiger partial charge on any atom is -0.450 e. The van der Waals surface area contributed by atoms with Gasteiger partial charge in [0.05, 0.1) is 25.2 Å². The molecule has 12 heteroatoms. The van der Waals surface area contributed by atoms with Gasteiger partial charge in [-0.15, -0.1) is 0 Å². The first-order chi connectivity index (χ1) is 16.5. The van der Waals surface area contributed by atoms with E-state index in [1.807, 2.05) is 12.1 Å². The highest BCUT2D eigenvalue weighted by atomic mass is 35.5. The van der Waals surface area contributed by atoms with Gasteiger partial charge in [-0.05, 0) is 54.2 Å². The predicted molar refractivity (Wildman–Crippen MR) is 131 cm³/mol. The Hall–Kier alpha value is -2.86. The number of hydrogen-bond donors (Lipinski definition) is 1. The molecule has 34 heavy (non-hydrogen) atoms. The average molecular weight is 516 g/mol. The lowest BCUT2D eigenvalue weighted by molar-refractivity contribution is -0.133. The van der Waals surface area contributed by atoms with Gasteiger partial charge in [0.1, 0.15) is 10.8 Å². The van der Waals surface area contributed by atoms with Gasteiger partial charge in [-0.1, -0.05) is 23.4 Å². The largest absolute Gasteiger partial charge is 0.450 e. The molecule has 4 heterocycles. The van der Waals surface area contributed by atoms with E-state index in [1.54, 1.807) is 29.2 Å². The van der Waals surface area contributed by atoms with Crippen molar-refractivity contribution in [2.45, 2.75) is 16.4 Å². The van der Waals surface area contributed by atoms with E-state index in [0.29, 0.717) is 47.2 Å². The summed E-state index contributed by atoms with van der Waals surface area (Å²) in [6.45, 7) is 2.13. The highest BCUT2D eigenvalue weighted by Gasteiger charge is 2.36. The van der Waals surface area contributed by atoms with Crippen molar-refractivity contribution >= 4 is 69.1 Å². The van der Waals surface area contributed by atoms with E-state index in [0.717, 1.165) is 16.7 Å². The number of ether oxygens (including phenoxy) is 1. The zero-order valence-corrected chi connectivity index (χ0v) is 20.1. The Balaban J connectivity index is 1.29. The summed E-state index contributed by atoms with van der Waals surface area (Å²) in [5, 5.41) is 16.2. The predicted octanol–water partition coefficient (Wildman–Crippen LogP) is 3.95. The van der Waals surface area contributed by atoms with Crippen LogP contribution < -0.4 is 0 Å². The quantitative estimate of drug-likeness (QED) is 0.600. The molecule has 0 saturated carbocycles. The van der Waals surface area contributed by atoms with Crippen molar-refractivity contribution in [3.05, 3.63) is 52.8 Å². The molecule has 2 aromatic rings. The van der Waals surface area contributed by atoms with Gasteiger partial charge in [0.25, 0.3) is 5.91 Å². The Morgan fingerprint density at radius 1 is 1.21 bits per heavy atom. The zero-order valence-electron chi connectivity index (χ0n) is 17.7. The van der Waals surface area contributed by atoms with E-state index < -0.39 is 5.91 Å². The van der Waals surface area contributed by atoms with Gasteiger partial charge in [0.15, 0.2) is 10.9 Å². The molecule has 0 radical (unpaired) electrons. The molecule has 2 amide bonds. The molecule has 1 N–H and O–H groups in total. The second-order valence-corrected chi connectivity index (χ2v) is 9.95. The number of thioether (sulfide) groups is 1. The summed E-state index contributed by atoms with van der Waals surface area (Å²) in [7, 11) is 0. The fourth-order valence-corrected chi connectivity index (χ4v) is 5.17. The van der Waals surface area contributed by atoms with Crippen LogP contribution >= 0.6 is 35.1 Å². The number of nitrogens with one attached hydrogen (secondary N) is 1. The number of morpholine rings is 1. The summed E-state index contributed by atoms with van der Waals surface area (Å²) in [6.07, 6.45) is 1.57. The number of benzene rings is 1. The van der Waals surface area contributed by atoms with Crippen molar-refractivity contribution in [3.63, 3.8) is 0 Å². The smallest absolute Gasteiger partial charge is 0.283 e. The number of aliphatic imine (C=N–C) groups is 1. The SMILES string of the molecule is N=C1C(=Cc2ccc(Sc3ccc(Cl)cc3)o2)C(=O)N=C2SC(CC(=O)N3CCOCC3)=NN12. The number of carbonyl (C=O) groups excluding carboxylic acids is 2. The molecule has 3 aliphatic heterocycles. The van der Waals surface area contributed by atoms with E-state index >= 15 is 0 Å². The van der Waals surface area contributed by atoms with E-state index in [-0.39, 0.29) is 28.9 Å². The molecule has 1 aromatic carbocycles. The lowest BCUT2D eigenvalue weighted by Gasteiger charge is -2.26. The van der Waals surface area contributed by atoms with Crippen molar-refractivity contribution in [3.8, 4) is 0 Å². The summed E-state index contributed by atoms with van der Waals surface area (Å²) < 4.78 is 11.1. The Bertz CT molecular complexity index is 1250. The number of amides is 2. The topological polar surface area (TPSA) is 112 Å². The monoisotopic (exact) mass is 515 g/mol. The first-order valence-corrected chi connectivity index (χ1v) is 12.4. The Kier molecular flexibility index (Phi) is 6.59. The number of nitrogens with zero attached hydrogens (tertiary/aromatic N) is 4. The lowest BCUT2D eigenvalue weighted by atomic mass is 10.1. The average Bonchev–Trinajstić information content (AvgIpc) is 3.45. The molecule has 174 valence electrons. The number of hydrogen-bond acceptors (Lipinski definition) is 8. The molecule has 1 fully saturated rings. The summed E-state index contributed by atoms with van der Waals surface area (Å²) >= 11 is 8.47. The standard InChI is InChI=1S/C22H18ClN5O4S2/c23-13-1-4-15(5-2-13)33-19-6-3-14(32-19)11-16-20(24)28-22(25-21(16)30)34-17(26-28)12-18(29)27-7-9-31-10-8-27/h1-6,11,24H,7-10,12H2. The fourth-order valence-electron chi connectivity index (χ4n) is 3.38. The van der Waals surface area contributed by atoms with Crippen molar-refractivity contribution < 1.29 is 18.7 Å². The van der Waals surface area contributed by atoms with Crippen LogP contribution in [0.25, 0.3) is 6.08 Å². The van der Waals surface area contributed by atoms with Crippen LogP contribution in [0.4, 0.5) is 0 Å². The molecule has 9 nitrogen and oxygen atoms in total. The van der Waals surface area contributed by atoms with Crippen LogP contribution in [0, 0.1) is 5.41 Å². The number of amidine groups is 2. The minimum absolute atomic E-state index is 0.0613. The van der Waals surface area contributed by atoms with Crippen molar-refractivity contribution in [2.75, 3.05) is 26.3 Å². The van der Waals surface area contributed by atoms with Crippen molar-refractivity contribution in [1.29, 1.82) is 5.41 Å². The Labute approximate surface area is 208 Å². The molecular formula is C22H18ClN5O4S2. The van der Waals surface area contributed by atoms with Crippen LogP contribution in [0.15, 0.2) is 66.5 Å². The van der Waals surface area contributed by atoms with Crippen LogP contribution in [0.3, 0.4) is 0 Å². The highest BCUT2D eigenvalue weighted by Crippen LogP contribution is 2.32. The van der Waals surface area contributed by atoms with Crippen LogP contribution in [0.5, 0.6) is 0 Å². The van der Waals surface area contributed by atoms with E-state index in [1.165, 1.54) is 22.8 Å². The van der Waals surface area contributed by atoms with E-state index in [4.69, 9.17) is 26.2 Å². The number of carbonyl (C=O) groups is 2. The van der Waals surface area contributed by atoms with Gasteiger partial charge in [0.2, 0.25) is 11.1 Å². The van der Waals surface area contributed by atoms with Crippen LogP contribution in [0.2, 0.25) is 5.02 Å². The molecule has 0 bridgehead atoms. The molecule has 1 aromatic heterocycles. The molecule has 1 saturated heterocycles. The second-order valence-electron chi connectivity index (χ2n) is 7.40. The first kappa shape index (κ1) is 22.9. The minimum atomic E-state index is -0.553. The molecular weight excluding hydrogens is 498 g/mol. The van der Waals surface area contributed by atoms with Gasteiger partial charge >= 0.3 is 0 Å². The highest BCUT2D eigenvalue weighted by molar-refractivity contribution is 8.27. The summed E-state index contributed by atoms with van der Waals surface area (Å²) in [4.78, 5) is 31.9. The van der Waals surface area contributed by atoms with Crippen LogP contribution in [-0.2, 0) is 14.3 Å². The van der Waals surface area contributed by atoms with E-state index in [2.05, 4.69) is 10.1 Å². The number of fused-ring (bicyclic) bond motifs is 1. The maximum absolute atomic E-state index is 12.6. The van der Waals surface area contributed by atoms with Gasteiger partial charge < -0.3 is 14.1 Å². The van der Waals surface area contributed by atoms with Crippen molar-refractivity contribution in [1.82, 2.24) is 9.91 Å². The third-order valence-electron chi connectivity index (χ3n) is 5.08. The molecule has 0 aliphatic carbocycles. The van der Waals surface area contributed by atoms with Crippen molar-refractivity contribution in [2.24, 2.45) is 10.1 Å². The van der Waals surface area contributed by atoms with Gasteiger partial charge in [0, 0.05) is 23.0 Å². The fraction of sp³-hybridized carbons (Fsp3) is 0.227. The van der Waals surface area contributed by atoms with Crippen LogP contribution in [0.1, 0.15) is 12.2 Å². The lowest BCUT2D eigenvalue weighted by Crippen LogP contribution is -2.41. The molecule has 0 spiro atoms. The third kappa shape index (κ3) is 4.97. The number of halogens is 1. The van der Waals surface area contributed by atoms with Gasteiger partial charge in [-0.3, -0.25) is 15.0 Å². The van der Waals surface area contributed by atoms with Crippen LogP contribution in [-0.4, -0.2) is 64.1 Å². The first-order valence-electron chi connectivity index (χ1n) is 10.3. The maximum Gasteiger partial charge on any atom is 0.283 e. The number of rotatable bonds is 5. The normalized spacial score (nSPS) is 19.4. The summed E-state index contributed by atoms with van der Waals surface area (Å²) in [5.74, 6) is -0.311. The summed E-state index contributed by atoms with van der Waals surface area (Å²) in [5.41, 5.74) is 0.0613.